The van der Waals surface area contributed by atoms with Gasteiger partial charge in [-0.15, -0.1) is 0 Å². The van der Waals surface area contributed by atoms with Crippen molar-refractivity contribution in [2.24, 2.45) is 5.10 Å². The Kier molecular flexibility index (Phi) is 5.24. The van der Waals surface area contributed by atoms with Crippen molar-refractivity contribution < 1.29 is 19.1 Å². The second-order valence-corrected chi connectivity index (χ2v) is 4.77. The summed E-state index contributed by atoms with van der Waals surface area (Å²) in [5.41, 5.74) is 4.12. The van der Waals surface area contributed by atoms with Crippen LogP contribution in [0.2, 0.25) is 0 Å². The van der Waals surface area contributed by atoms with Gasteiger partial charge in [0, 0.05) is 18.5 Å². The molecule has 0 aromatic heterocycles. The predicted octanol–water partition coefficient (Wildman–Crippen LogP) is 0.997. The lowest BCUT2D eigenvalue weighted by Gasteiger charge is -2.11. The number of anilines is 1. The molecule has 7 heteroatoms. The van der Waals surface area contributed by atoms with Crippen LogP contribution in [0, 0.1) is 0 Å². The zero-order chi connectivity index (χ0) is 15.9. The number of hydrogen-bond donors (Lipinski definition) is 2. The molecule has 0 aliphatic carbocycles. The molecule has 1 aliphatic rings. The third kappa shape index (κ3) is 4.41. The van der Waals surface area contributed by atoms with Gasteiger partial charge >= 0.3 is 5.97 Å². The van der Waals surface area contributed by atoms with Gasteiger partial charge in [-0.1, -0.05) is 19.1 Å². The van der Waals surface area contributed by atoms with Crippen LogP contribution < -0.4 is 10.7 Å². The SMILES string of the molecule is CCc1ccc(NC(=O)COC(=O)C2=NNC(=O)CC2)cc1. The number of nitrogens with one attached hydrogen (secondary N) is 2. The molecule has 7 nitrogen and oxygen atoms in total. The largest absolute Gasteiger partial charge is 0.451 e. The van der Waals surface area contributed by atoms with Crippen molar-refractivity contribution in [2.45, 2.75) is 26.2 Å². The van der Waals surface area contributed by atoms with E-state index in [4.69, 9.17) is 4.74 Å². The van der Waals surface area contributed by atoms with Crippen LogP contribution in [0.3, 0.4) is 0 Å². The molecule has 0 saturated carbocycles. The Labute approximate surface area is 127 Å². The quantitative estimate of drug-likeness (QED) is 0.793. The molecule has 22 heavy (non-hydrogen) atoms. The highest BCUT2D eigenvalue weighted by molar-refractivity contribution is 6.37. The summed E-state index contributed by atoms with van der Waals surface area (Å²) in [6.45, 7) is 1.64. The first kappa shape index (κ1) is 15.7. The summed E-state index contributed by atoms with van der Waals surface area (Å²) in [5.74, 6) is -1.38. The molecule has 1 aromatic carbocycles. The van der Waals surface area contributed by atoms with Crippen molar-refractivity contribution in [1.29, 1.82) is 0 Å². The van der Waals surface area contributed by atoms with Crippen molar-refractivity contribution >= 4 is 29.2 Å². The normalized spacial score (nSPS) is 13.9. The fourth-order valence-electron chi connectivity index (χ4n) is 1.86. The molecule has 2 N–H and O–H groups in total. The molecule has 2 rings (SSSR count). The Hall–Kier alpha value is -2.70. The zero-order valence-corrected chi connectivity index (χ0v) is 12.2. The Morgan fingerprint density at radius 1 is 1.27 bits per heavy atom. The lowest BCUT2D eigenvalue weighted by atomic mass is 10.1. The summed E-state index contributed by atoms with van der Waals surface area (Å²) in [6, 6.07) is 7.42. The molecule has 1 aromatic rings. The predicted molar refractivity (Wildman–Crippen MR) is 80.2 cm³/mol. The van der Waals surface area contributed by atoms with Crippen LogP contribution in [0.5, 0.6) is 0 Å². The Balaban J connectivity index is 1.79. The van der Waals surface area contributed by atoms with Gasteiger partial charge in [-0.05, 0) is 24.1 Å². The summed E-state index contributed by atoms with van der Waals surface area (Å²) in [5, 5.41) is 6.24. The van der Waals surface area contributed by atoms with E-state index in [-0.39, 0.29) is 24.5 Å². The van der Waals surface area contributed by atoms with Gasteiger partial charge in [0.25, 0.3) is 5.91 Å². The molecule has 1 aliphatic heterocycles. The number of carbonyl (C=O) groups is 3. The van der Waals surface area contributed by atoms with Gasteiger partial charge in [-0.2, -0.15) is 5.10 Å². The van der Waals surface area contributed by atoms with Crippen LogP contribution in [0.4, 0.5) is 5.69 Å². The summed E-state index contributed by atoms with van der Waals surface area (Å²) < 4.78 is 4.86. The summed E-state index contributed by atoms with van der Waals surface area (Å²) >= 11 is 0. The van der Waals surface area contributed by atoms with Crippen LogP contribution in [-0.4, -0.2) is 30.1 Å². The molecule has 0 bridgehead atoms. The highest BCUT2D eigenvalue weighted by Gasteiger charge is 2.20. The molecule has 0 radical (unpaired) electrons. The molecule has 0 saturated heterocycles. The number of benzene rings is 1. The number of aryl methyl sites for hydroxylation is 1. The minimum Gasteiger partial charge on any atom is -0.451 e. The van der Waals surface area contributed by atoms with Gasteiger partial charge in [-0.3, -0.25) is 9.59 Å². The number of carbonyl (C=O) groups excluding carboxylic acids is 3. The number of hydrogen-bond acceptors (Lipinski definition) is 5. The van der Waals surface area contributed by atoms with Gasteiger partial charge in [0.2, 0.25) is 5.91 Å². The molecule has 0 fully saturated rings. The first-order valence-electron chi connectivity index (χ1n) is 7.00. The lowest BCUT2D eigenvalue weighted by Crippen LogP contribution is -2.32. The van der Waals surface area contributed by atoms with Crippen molar-refractivity contribution in [3.05, 3.63) is 29.8 Å². The van der Waals surface area contributed by atoms with Crippen molar-refractivity contribution in [1.82, 2.24) is 5.43 Å². The van der Waals surface area contributed by atoms with E-state index in [2.05, 4.69) is 15.8 Å². The highest BCUT2D eigenvalue weighted by Crippen LogP contribution is 2.10. The molecule has 116 valence electrons. The van der Waals surface area contributed by atoms with Crippen LogP contribution >= 0.6 is 0 Å². The number of amides is 2. The number of rotatable bonds is 5. The van der Waals surface area contributed by atoms with Crippen molar-refractivity contribution in [3.8, 4) is 0 Å². The van der Waals surface area contributed by atoms with Crippen molar-refractivity contribution in [2.75, 3.05) is 11.9 Å². The average Bonchev–Trinajstić information content (AvgIpc) is 2.54. The molecule has 0 spiro atoms. The van der Waals surface area contributed by atoms with E-state index in [9.17, 15) is 14.4 Å². The van der Waals surface area contributed by atoms with E-state index in [0.717, 1.165) is 6.42 Å². The van der Waals surface area contributed by atoms with E-state index >= 15 is 0 Å². The van der Waals surface area contributed by atoms with Gasteiger partial charge in [0.1, 0.15) is 5.71 Å². The Morgan fingerprint density at radius 3 is 2.59 bits per heavy atom. The van der Waals surface area contributed by atoms with Gasteiger partial charge < -0.3 is 10.1 Å². The Bertz CT molecular complexity index is 608. The first-order chi connectivity index (χ1) is 10.6. The van der Waals surface area contributed by atoms with Crippen LogP contribution in [0.15, 0.2) is 29.4 Å². The second kappa shape index (κ2) is 7.35. The van der Waals surface area contributed by atoms with Crippen LogP contribution in [0.1, 0.15) is 25.3 Å². The fourth-order valence-corrected chi connectivity index (χ4v) is 1.86. The van der Waals surface area contributed by atoms with E-state index < -0.39 is 18.5 Å². The van der Waals surface area contributed by atoms with Crippen LogP contribution in [0.25, 0.3) is 0 Å². The third-order valence-corrected chi connectivity index (χ3v) is 3.12. The smallest absolute Gasteiger partial charge is 0.355 e. The maximum absolute atomic E-state index is 11.7. The van der Waals surface area contributed by atoms with Gasteiger partial charge in [0.15, 0.2) is 6.61 Å². The average molecular weight is 303 g/mol. The maximum atomic E-state index is 11.7. The monoisotopic (exact) mass is 303 g/mol. The summed E-state index contributed by atoms with van der Waals surface area (Å²) in [6.07, 6.45) is 1.32. The first-order valence-corrected chi connectivity index (χ1v) is 7.00. The van der Waals surface area contributed by atoms with Crippen LogP contribution in [-0.2, 0) is 25.5 Å². The van der Waals surface area contributed by atoms with Gasteiger partial charge in [0.05, 0.1) is 0 Å². The third-order valence-electron chi connectivity index (χ3n) is 3.12. The number of esters is 1. The highest BCUT2D eigenvalue weighted by atomic mass is 16.5. The zero-order valence-electron chi connectivity index (χ0n) is 12.2. The topological polar surface area (TPSA) is 96.9 Å². The molecule has 0 unspecified atom stereocenters. The standard InChI is InChI=1S/C15H17N3O4/c1-2-10-3-5-11(6-4-10)16-14(20)9-22-15(21)12-7-8-13(19)18-17-12/h3-6H,2,7-9H2,1H3,(H,16,20)(H,18,19). The molecule has 2 amide bonds. The second-order valence-electron chi connectivity index (χ2n) is 4.77. The van der Waals surface area contributed by atoms with E-state index in [0.29, 0.717) is 5.69 Å². The molecule has 1 heterocycles. The molecular weight excluding hydrogens is 286 g/mol. The summed E-state index contributed by atoms with van der Waals surface area (Å²) in [4.78, 5) is 34.3. The fraction of sp³-hybridized carbons (Fsp3) is 0.333. The van der Waals surface area contributed by atoms with Gasteiger partial charge in [-0.25, -0.2) is 10.2 Å². The lowest BCUT2D eigenvalue weighted by molar-refractivity contribution is -0.140. The molecular formula is C15H17N3O4. The van der Waals surface area contributed by atoms with E-state index in [1.54, 1.807) is 12.1 Å². The van der Waals surface area contributed by atoms with E-state index in [1.165, 1.54) is 5.56 Å². The molecule has 0 atom stereocenters. The van der Waals surface area contributed by atoms with E-state index in [1.807, 2.05) is 19.1 Å². The maximum Gasteiger partial charge on any atom is 0.355 e. The number of ether oxygens (including phenoxy) is 1. The minimum atomic E-state index is -0.698. The number of hydrazone groups is 1. The Morgan fingerprint density at radius 2 is 2.00 bits per heavy atom. The number of nitrogens with zero attached hydrogens (tertiary/aromatic N) is 1. The van der Waals surface area contributed by atoms with Crippen molar-refractivity contribution in [3.63, 3.8) is 0 Å². The summed E-state index contributed by atoms with van der Waals surface area (Å²) in [7, 11) is 0. The minimum absolute atomic E-state index is 0.111.